The van der Waals surface area contributed by atoms with Crippen molar-refractivity contribution in [3.63, 3.8) is 0 Å². The molecule has 1 saturated heterocycles. The average molecular weight is 622 g/mol. The molecule has 0 spiro atoms. The summed E-state index contributed by atoms with van der Waals surface area (Å²) in [6.07, 6.45) is 2.13. The van der Waals surface area contributed by atoms with E-state index in [4.69, 9.17) is 49.0 Å². The number of unbranched alkanes of at least 4 members (excludes halogenated alkanes) is 2. The third-order valence-electron chi connectivity index (χ3n) is 6.13. The van der Waals surface area contributed by atoms with Gasteiger partial charge < -0.3 is 19.1 Å². The molecule has 0 N–H and O–H groups in total. The number of hydrogen-bond donors (Lipinski definition) is 0. The van der Waals surface area contributed by atoms with Crippen molar-refractivity contribution in [1.82, 2.24) is 9.80 Å². The molecule has 0 saturated carbocycles. The van der Waals surface area contributed by atoms with Crippen LogP contribution in [0, 0.1) is 5.92 Å². The van der Waals surface area contributed by atoms with Crippen molar-refractivity contribution in [2.75, 3.05) is 26.2 Å². The van der Waals surface area contributed by atoms with E-state index in [0.29, 0.717) is 6.42 Å². The summed E-state index contributed by atoms with van der Waals surface area (Å²) in [6.45, 7) is 6.94. The zero-order chi connectivity index (χ0) is 29.9. The van der Waals surface area contributed by atoms with Gasteiger partial charge in [0.15, 0.2) is 6.04 Å². The minimum Gasteiger partial charge on any atom is -0.461 e. The quantitative estimate of drug-likeness (QED) is 0.136. The Bertz CT molecular complexity index is 996. The number of alkyl halides is 3. The number of ether oxygens (including phenoxy) is 3. The summed E-state index contributed by atoms with van der Waals surface area (Å²) in [5.41, 5.74) is 0.00714. The van der Waals surface area contributed by atoms with Crippen molar-refractivity contribution in [2.24, 2.45) is 5.92 Å². The number of esters is 2. The Kier molecular flexibility index (Phi) is 13.3. The van der Waals surface area contributed by atoms with Crippen molar-refractivity contribution >= 4 is 58.7 Å². The molecular weight excluding hydrogens is 583 g/mol. The van der Waals surface area contributed by atoms with Gasteiger partial charge in [-0.1, -0.05) is 91.3 Å². The third-order valence-corrected chi connectivity index (χ3v) is 6.46. The van der Waals surface area contributed by atoms with E-state index in [9.17, 15) is 19.2 Å². The minimum absolute atomic E-state index is 0.0148. The number of piperazine rings is 1. The predicted molar refractivity (Wildman–Crippen MR) is 153 cm³/mol. The molecule has 2 atom stereocenters. The number of nitrogens with zero attached hydrogens (tertiary/aromatic N) is 2. The smallest absolute Gasteiger partial charge is 0.411 e. The van der Waals surface area contributed by atoms with Crippen molar-refractivity contribution < 1.29 is 33.4 Å². The average Bonchev–Trinajstić information content (AvgIpc) is 2.88. The van der Waals surface area contributed by atoms with Crippen LogP contribution in [0.1, 0.15) is 65.4 Å². The highest BCUT2D eigenvalue weighted by Gasteiger charge is 2.41. The second kappa shape index (κ2) is 15.7. The zero-order valence-electron chi connectivity index (χ0n) is 23.5. The van der Waals surface area contributed by atoms with Gasteiger partial charge in [0.2, 0.25) is 9.70 Å². The first kappa shape index (κ1) is 34.0. The molecule has 1 fully saturated rings. The topological polar surface area (TPSA) is 102 Å². The standard InChI is InChI=1S/C28H39Cl3N2O7/c1-5-6-8-13-21(16-23(34)39-19-28(29,30)31)24(35)32-14-15-33(26(37)40-27(2,3)4)22(17-32)25(36)38-18-20-11-9-7-10-12-20/h7,9-12,21-22H,5-6,8,13-19H2,1-4H3/t21-,22+/m1/s1. The van der Waals surface area contributed by atoms with Crippen LogP contribution in [0.25, 0.3) is 0 Å². The summed E-state index contributed by atoms with van der Waals surface area (Å²) >= 11 is 17.0. The van der Waals surface area contributed by atoms with Crippen LogP contribution in [-0.4, -0.2) is 75.4 Å². The monoisotopic (exact) mass is 620 g/mol. The largest absolute Gasteiger partial charge is 0.461 e. The molecule has 224 valence electrons. The second-order valence-electron chi connectivity index (χ2n) is 10.7. The summed E-state index contributed by atoms with van der Waals surface area (Å²) in [7, 11) is 0. The Morgan fingerprint density at radius 2 is 1.68 bits per heavy atom. The summed E-state index contributed by atoms with van der Waals surface area (Å²) < 4.78 is 14.4. The number of benzene rings is 1. The van der Waals surface area contributed by atoms with Gasteiger partial charge in [-0.2, -0.15) is 0 Å². The van der Waals surface area contributed by atoms with Crippen LogP contribution in [0.15, 0.2) is 30.3 Å². The lowest BCUT2D eigenvalue weighted by molar-refractivity contribution is -0.157. The first-order valence-corrected chi connectivity index (χ1v) is 14.5. The fourth-order valence-electron chi connectivity index (χ4n) is 4.18. The Balaban J connectivity index is 2.19. The van der Waals surface area contributed by atoms with Crippen LogP contribution >= 0.6 is 34.8 Å². The van der Waals surface area contributed by atoms with Crippen molar-refractivity contribution in [3.05, 3.63) is 35.9 Å². The number of amides is 2. The zero-order valence-corrected chi connectivity index (χ0v) is 25.8. The van der Waals surface area contributed by atoms with Crippen LogP contribution in [0.2, 0.25) is 0 Å². The number of carbonyl (C=O) groups is 4. The molecule has 0 aromatic heterocycles. The van der Waals surface area contributed by atoms with E-state index >= 15 is 0 Å². The summed E-state index contributed by atoms with van der Waals surface area (Å²) in [6, 6.07) is 8.06. The molecule has 1 aromatic carbocycles. The molecule has 1 heterocycles. The van der Waals surface area contributed by atoms with Crippen LogP contribution < -0.4 is 0 Å². The maximum Gasteiger partial charge on any atom is 0.411 e. The number of rotatable bonds is 11. The van der Waals surface area contributed by atoms with Crippen molar-refractivity contribution in [3.8, 4) is 0 Å². The molecule has 2 amide bonds. The first-order valence-electron chi connectivity index (χ1n) is 13.4. The van der Waals surface area contributed by atoms with Crippen molar-refractivity contribution in [2.45, 2.75) is 81.8 Å². The van der Waals surface area contributed by atoms with Gasteiger partial charge in [0.05, 0.1) is 13.0 Å². The fourth-order valence-corrected chi connectivity index (χ4v) is 4.35. The predicted octanol–water partition coefficient (Wildman–Crippen LogP) is 5.68. The van der Waals surface area contributed by atoms with Gasteiger partial charge in [-0.05, 0) is 32.8 Å². The molecule has 1 aromatic rings. The van der Waals surface area contributed by atoms with E-state index in [1.165, 1.54) is 9.80 Å². The van der Waals surface area contributed by atoms with E-state index in [1.807, 2.05) is 37.3 Å². The molecule has 40 heavy (non-hydrogen) atoms. The highest BCUT2D eigenvalue weighted by atomic mass is 35.6. The van der Waals surface area contributed by atoms with Crippen LogP contribution in [0.3, 0.4) is 0 Å². The van der Waals surface area contributed by atoms with Gasteiger partial charge in [-0.25, -0.2) is 9.59 Å². The molecule has 0 unspecified atom stereocenters. The molecular formula is C28H39Cl3N2O7. The number of carbonyl (C=O) groups excluding carboxylic acids is 4. The van der Waals surface area contributed by atoms with Gasteiger partial charge in [-0.3, -0.25) is 14.5 Å². The van der Waals surface area contributed by atoms with Crippen LogP contribution in [0.4, 0.5) is 4.79 Å². The summed E-state index contributed by atoms with van der Waals surface area (Å²) in [4.78, 5) is 55.1. The van der Waals surface area contributed by atoms with E-state index in [0.717, 1.165) is 24.8 Å². The van der Waals surface area contributed by atoms with E-state index in [-0.39, 0.29) is 38.6 Å². The Morgan fingerprint density at radius 1 is 1.00 bits per heavy atom. The number of halogens is 3. The Hall–Kier alpha value is -2.23. The van der Waals surface area contributed by atoms with E-state index in [2.05, 4.69) is 0 Å². The number of hydrogen-bond acceptors (Lipinski definition) is 7. The Labute approximate surface area is 251 Å². The lowest BCUT2D eigenvalue weighted by Gasteiger charge is -2.41. The first-order chi connectivity index (χ1) is 18.7. The molecule has 1 aliphatic rings. The minimum atomic E-state index is -1.76. The maximum absolute atomic E-state index is 13.6. The lowest BCUT2D eigenvalue weighted by atomic mass is 9.95. The van der Waals surface area contributed by atoms with Gasteiger partial charge >= 0.3 is 18.0 Å². The SMILES string of the molecule is CCCCC[C@H](CC(=O)OCC(Cl)(Cl)Cl)C(=O)N1CCN(C(=O)OC(C)(C)C)[C@H](C(=O)OCc2ccccc2)C1. The molecule has 0 bridgehead atoms. The van der Waals surface area contributed by atoms with E-state index < -0.39 is 46.0 Å². The summed E-state index contributed by atoms with van der Waals surface area (Å²) in [5.74, 6) is -2.32. The third kappa shape index (κ3) is 12.1. The summed E-state index contributed by atoms with van der Waals surface area (Å²) in [5, 5.41) is 0. The molecule has 9 nitrogen and oxygen atoms in total. The molecule has 0 radical (unpaired) electrons. The maximum atomic E-state index is 13.6. The molecule has 1 aliphatic heterocycles. The van der Waals surface area contributed by atoms with Crippen LogP contribution in [-0.2, 0) is 35.2 Å². The highest BCUT2D eigenvalue weighted by molar-refractivity contribution is 6.67. The molecule has 0 aliphatic carbocycles. The second-order valence-corrected chi connectivity index (χ2v) is 13.3. The normalized spacial score (nSPS) is 16.7. The molecule has 12 heteroatoms. The Morgan fingerprint density at radius 3 is 2.27 bits per heavy atom. The van der Waals surface area contributed by atoms with Gasteiger partial charge in [0.25, 0.3) is 0 Å². The highest BCUT2D eigenvalue weighted by Crippen LogP contribution is 2.27. The van der Waals surface area contributed by atoms with Crippen molar-refractivity contribution in [1.29, 1.82) is 0 Å². The van der Waals surface area contributed by atoms with E-state index in [1.54, 1.807) is 20.8 Å². The molecule has 2 rings (SSSR count). The lowest BCUT2D eigenvalue weighted by Crippen LogP contribution is -2.61. The van der Waals surface area contributed by atoms with Gasteiger partial charge in [-0.15, -0.1) is 0 Å². The van der Waals surface area contributed by atoms with Gasteiger partial charge in [0.1, 0.15) is 18.8 Å². The van der Waals surface area contributed by atoms with Gasteiger partial charge in [0, 0.05) is 19.0 Å². The van der Waals surface area contributed by atoms with Crippen LogP contribution in [0.5, 0.6) is 0 Å². The fraction of sp³-hybridized carbons (Fsp3) is 0.643.